The zero-order chi connectivity index (χ0) is 20.2. The number of hydrogen-bond donors (Lipinski definition) is 1. The van der Waals surface area contributed by atoms with Gasteiger partial charge in [-0.2, -0.15) is 0 Å². The van der Waals surface area contributed by atoms with Gasteiger partial charge in [-0.25, -0.2) is 4.98 Å². The lowest BCUT2D eigenvalue weighted by atomic mass is 10.2. The molecule has 0 saturated heterocycles. The SMILES string of the molecule is CC(SCc1ccccc1)C(=O)Nc1ccc(-c2nc3cc(Cl)ccc3o2)cc1. The second kappa shape index (κ2) is 8.72. The fourth-order valence-electron chi connectivity index (χ4n) is 2.84. The number of carbonyl (C=O) groups excluding carboxylic acids is 1. The average molecular weight is 423 g/mol. The Morgan fingerprint density at radius 2 is 1.86 bits per heavy atom. The van der Waals surface area contributed by atoms with E-state index in [2.05, 4.69) is 22.4 Å². The maximum absolute atomic E-state index is 12.5. The molecule has 1 amide bonds. The van der Waals surface area contributed by atoms with Gasteiger partial charge in [-0.3, -0.25) is 4.79 Å². The number of hydrogen-bond acceptors (Lipinski definition) is 4. The third kappa shape index (κ3) is 4.81. The van der Waals surface area contributed by atoms with Crippen LogP contribution in [0.25, 0.3) is 22.6 Å². The number of nitrogens with zero attached hydrogens (tertiary/aromatic N) is 1. The molecule has 29 heavy (non-hydrogen) atoms. The third-order valence-electron chi connectivity index (χ3n) is 4.46. The molecule has 0 radical (unpaired) electrons. The Balaban J connectivity index is 1.38. The normalized spacial score (nSPS) is 12.1. The van der Waals surface area contributed by atoms with E-state index >= 15 is 0 Å². The molecule has 0 spiro atoms. The van der Waals surface area contributed by atoms with Gasteiger partial charge in [0.25, 0.3) is 0 Å². The molecule has 0 fully saturated rings. The third-order valence-corrected chi connectivity index (χ3v) is 5.91. The van der Waals surface area contributed by atoms with Crippen LogP contribution in [0.5, 0.6) is 0 Å². The minimum Gasteiger partial charge on any atom is -0.436 e. The van der Waals surface area contributed by atoms with Crippen molar-refractivity contribution in [1.82, 2.24) is 4.98 Å². The monoisotopic (exact) mass is 422 g/mol. The summed E-state index contributed by atoms with van der Waals surface area (Å²) < 4.78 is 5.78. The molecule has 0 bridgehead atoms. The summed E-state index contributed by atoms with van der Waals surface area (Å²) in [7, 11) is 0. The first-order chi connectivity index (χ1) is 14.1. The van der Waals surface area contributed by atoms with Crippen molar-refractivity contribution in [3.63, 3.8) is 0 Å². The minimum atomic E-state index is -0.156. The fraction of sp³-hybridized carbons (Fsp3) is 0.130. The highest BCUT2D eigenvalue weighted by Gasteiger charge is 2.14. The number of anilines is 1. The summed E-state index contributed by atoms with van der Waals surface area (Å²) in [5.41, 5.74) is 4.19. The number of carbonyl (C=O) groups is 1. The molecule has 0 aliphatic rings. The van der Waals surface area contributed by atoms with Crippen LogP contribution in [0.1, 0.15) is 12.5 Å². The van der Waals surface area contributed by atoms with Crippen molar-refractivity contribution in [2.24, 2.45) is 0 Å². The van der Waals surface area contributed by atoms with Gasteiger partial charge in [0.05, 0.1) is 5.25 Å². The lowest BCUT2D eigenvalue weighted by Crippen LogP contribution is -2.22. The number of aromatic nitrogens is 1. The Kier molecular flexibility index (Phi) is 5.88. The number of halogens is 1. The van der Waals surface area contributed by atoms with E-state index in [0.717, 1.165) is 17.0 Å². The first-order valence-electron chi connectivity index (χ1n) is 9.21. The maximum Gasteiger partial charge on any atom is 0.237 e. The molecular formula is C23H19ClN2O2S. The van der Waals surface area contributed by atoms with Crippen molar-refractivity contribution >= 4 is 46.1 Å². The van der Waals surface area contributed by atoms with Crippen LogP contribution in [0.15, 0.2) is 77.2 Å². The van der Waals surface area contributed by atoms with E-state index < -0.39 is 0 Å². The lowest BCUT2D eigenvalue weighted by Gasteiger charge is -2.12. The molecule has 1 unspecified atom stereocenters. The first kappa shape index (κ1) is 19.6. The van der Waals surface area contributed by atoms with Gasteiger partial charge >= 0.3 is 0 Å². The van der Waals surface area contributed by atoms with Crippen LogP contribution in [-0.4, -0.2) is 16.1 Å². The molecule has 0 aliphatic carbocycles. The molecule has 6 heteroatoms. The number of benzene rings is 3. The van der Waals surface area contributed by atoms with E-state index in [9.17, 15) is 4.79 Å². The average Bonchev–Trinajstić information content (AvgIpc) is 3.16. The second-order valence-corrected chi connectivity index (χ2v) is 8.40. The predicted molar refractivity (Wildman–Crippen MR) is 120 cm³/mol. The molecule has 0 saturated carbocycles. The number of rotatable bonds is 6. The van der Waals surface area contributed by atoms with Crippen LogP contribution in [0.4, 0.5) is 5.69 Å². The van der Waals surface area contributed by atoms with E-state index in [4.69, 9.17) is 16.0 Å². The number of oxazole rings is 1. The van der Waals surface area contributed by atoms with Crippen LogP contribution < -0.4 is 5.32 Å². The van der Waals surface area contributed by atoms with E-state index in [0.29, 0.717) is 22.0 Å². The molecule has 1 heterocycles. The Morgan fingerprint density at radius 3 is 2.62 bits per heavy atom. The van der Waals surface area contributed by atoms with Gasteiger partial charge in [0.15, 0.2) is 5.58 Å². The smallest absolute Gasteiger partial charge is 0.237 e. The predicted octanol–water partition coefficient (Wildman–Crippen LogP) is 6.41. The van der Waals surface area contributed by atoms with Gasteiger partial charge in [-0.15, -0.1) is 11.8 Å². The number of amides is 1. The van der Waals surface area contributed by atoms with Crippen molar-refractivity contribution in [2.45, 2.75) is 17.9 Å². The summed E-state index contributed by atoms with van der Waals surface area (Å²) in [4.78, 5) is 16.9. The van der Waals surface area contributed by atoms with Gasteiger partial charge < -0.3 is 9.73 Å². The van der Waals surface area contributed by atoms with Crippen molar-refractivity contribution < 1.29 is 9.21 Å². The summed E-state index contributed by atoms with van der Waals surface area (Å²) in [6, 6.07) is 22.9. The summed E-state index contributed by atoms with van der Waals surface area (Å²) in [6.45, 7) is 1.92. The highest BCUT2D eigenvalue weighted by Crippen LogP contribution is 2.27. The molecule has 1 atom stereocenters. The molecule has 1 aromatic heterocycles. The zero-order valence-electron chi connectivity index (χ0n) is 15.8. The Bertz CT molecular complexity index is 1130. The molecule has 4 aromatic rings. The molecular weight excluding hydrogens is 404 g/mol. The van der Waals surface area contributed by atoms with Crippen molar-refractivity contribution in [3.8, 4) is 11.5 Å². The Morgan fingerprint density at radius 1 is 1.10 bits per heavy atom. The van der Waals surface area contributed by atoms with Crippen LogP contribution >= 0.6 is 23.4 Å². The molecule has 4 nitrogen and oxygen atoms in total. The highest BCUT2D eigenvalue weighted by atomic mass is 35.5. The Labute approximate surface area is 178 Å². The lowest BCUT2D eigenvalue weighted by molar-refractivity contribution is -0.115. The van der Waals surface area contributed by atoms with E-state index in [1.165, 1.54) is 5.56 Å². The number of thioether (sulfide) groups is 1. The largest absolute Gasteiger partial charge is 0.436 e. The van der Waals surface area contributed by atoms with Crippen molar-refractivity contribution in [3.05, 3.63) is 83.4 Å². The number of nitrogens with one attached hydrogen (secondary N) is 1. The van der Waals surface area contributed by atoms with Crippen molar-refractivity contribution in [1.29, 1.82) is 0 Å². The molecule has 3 aromatic carbocycles. The van der Waals surface area contributed by atoms with Crippen LogP contribution in [0, 0.1) is 0 Å². The topological polar surface area (TPSA) is 55.1 Å². The van der Waals surface area contributed by atoms with Crippen LogP contribution in [0.2, 0.25) is 5.02 Å². The Hall–Kier alpha value is -2.76. The summed E-state index contributed by atoms with van der Waals surface area (Å²) in [5.74, 6) is 1.30. The summed E-state index contributed by atoms with van der Waals surface area (Å²) in [5, 5.41) is 3.43. The maximum atomic E-state index is 12.5. The fourth-order valence-corrected chi connectivity index (χ4v) is 3.85. The van der Waals surface area contributed by atoms with Gasteiger partial charge in [0.2, 0.25) is 11.8 Å². The highest BCUT2D eigenvalue weighted by molar-refractivity contribution is 7.99. The van der Waals surface area contributed by atoms with Gasteiger partial charge in [0, 0.05) is 22.0 Å². The molecule has 1 N–H and O–H groups in total. The van der Waals surface area contributed by atoms with Crippen LogP contribution in [0.3, 0.4) is 0 Å². The van der Waals surface area contributed by atoms with Crippen LogP contribution in [-0.2, 0) is 10.5 Å². The first-order valence-corrected chi connectivity index (χ1v) is 10.6. The van der Waals surface area contributed by atoms with E-state index in [1.807, 2.05) is 49.4 Å². The molecule has 146 valence electrons. The molecule has 0 aliphatic heterocycles. The van der Waals surface area contributed by atoms with E-state index in [1.54, 1.807) is 30.0 Å². The van der Waals surface area contributed by atoms with Gasteiger partial charge in [-0.1, -0.05) is 41.9 Å². The summed E-state index contributed by atoms with van der Waals surface area (Å²) in [6.07, 6.45) is 0. The molecule has 4 rings (SSSR count). The van der Waals surface area contributed by atoms with Gasteiger partial charge in [-0.05, 0) is 55.0 Å². The van der Waals surface area contributed by atoms with Gasteiger partial charge in [0.1, 0.15) is 5.52 Å². The standard InChI is InChI=1S/C23H19ClN2O2S/c1-15(29-14-16-5-3-2-4-6-16)22(27)25-19-10-7-17(8-11-19)23-26-20-13-18(24)9-12-21(20)28-23/h2-13,15H,14H2,1H3,(H,25,27). The second-order valence-electron chi connectivity index (χ2n) is 6.64. The van der Waals surface area contributed by atoms with E-state index in [-0.39, 0.29) is 11.2 Å². The zero-order valence-corrected chi connectivity index (χ0v) is 17.3. The quantitative estimate of drug-likeness (QED) is 0.390. The minimum absolute atomic E-state index is 0.0183. The van der Waals surface area contributed by atoms with Crippen molar-refractivity contribution in [2.75, 3.05) is 5.32 Å². The summed E-state index contributed by atoms with van der Waals surface area (Å²) >= 11 is 7.61. The number of fused-ring (bicyclic) bond motifs is 1.